The van der Waals surface area contributed by atoms with Crippen LogP contribution in [-0.2, 0) is 55.7 Å². The van der Waals surface area contributed by atoms with Crippen LogP contribution >= 0.6 is 0 Å². The molecule has 47 heavy (non-hydrogen) atoms. The van der Waals surface area contributed by atoms with E-state index in [1.807, 2.05) is 0 Å². The molecule has 0 aliphatic carbocycles. The molecule has 0 radical (unpaired) electrons. The van der Waals surface area contributed by atoms with Gasteiger partial charge < -0.3 is 52.5 Å². The van der Waals surface area contributed by atoms with Crippen molar-refractivity contribution in [2.45, 2.75) is 71.2 Å². The van der Waals surface area contributed by atoms with E-state index in [1.54, 1.807) is 24.3 Å². The lowest BCUT2D eigenvalue weighted by Gasteiger charge is -2.44. The molecule has 5 atom stereocenters. The molecule has 1 aliphatic rings. The number of benzene rings is 2. The fraction of sp³-hybridized carbons (Fsp3) is 0.500. The summed E-state index contributed by atoms with van der Waals surface area (Å²) in [6, 6.07) is 6.78. The van der Waals surface area contributed by atoms with E-state index in [4.69, 9.17) is 47.4 Å². The maximum atomic E-state index is 12.2. The molecule has 2 aromatic carbocycles. The summed E-state index contributed by atoms with van der Waals surface area (Å²) in [5.41, 5.74) is 1.26. The highest BCUT2D eigenvalue weighted by Gasteiger charge is 2.53. The van der Waals surface area contributed by atoms with Crippen LogP contribution in [0.25, 0.3) is 0 Å². The molecule has 3 rings (SSSR count). The Hall–Kier alpha value is -4.92. The summed E-state index contributed by atoms with van der Waals surface area (Å²) in [6.45, 7) is 4.04. The summed E-state index contributed by atoms with van der Waals surface area (Å²) in [4.78, 5) is 48.1. The van der Waals surface area contributed by atoms with E-state index < -0.39 is 61.2 Å². The summed E-state index contributed by atoms with van der Waals surface area (Å²) in [7, 11) is 5.87. The molecule has 1 fully saturated rings. The van der Waals surface area contributed by atoms with E-state index in [1.165, 1.54) is 28.4 Å². The van der Waals surface area contributed by atoms with Gasteiger partial charge in [0, 0.05) is 27.7 Å². The smallest absolute Gasteiger partial charge is 0.303 e. The van der Waals surface area contributed by atoms with E-state index in [0.717, 1.165) is 33.3 Å². The number of methoxy groups -OCH3 is 4. The molecule has 1 heterocycles. The van der Waals surface area contributed by atoms with E-state index >= 15 is 0 Å². The van der Waals surface area contributed by atoms with Gasteiger partial charge in [-0.2, -0.15) is 0 Å². The summed E-state index contributed by atoms with van der Waals surface area (Å²) >= 11 is 0. The van der Waals surface area contributed by atoms with E-state index in [0.29, 0.717) is 35.7 Å². The maximum absolute atomic E-state index is 12.2. The van der Waals surface area contributed by atoms with Gasteiger partial charge in [-0.25, -0.2) is 0 Å². The lowest BCUT2D eigenvalue weighted by atomic mass is 9.98. The molecular weight excluding hydrogens is 624 g/mol. The monoisotopic (exact) mass is 664 g/mol. The second-order valence-corrected chi connectivity index (χ2v) is 10.3. The Labute approximate surface area is 271 Å². The Morgan fingerprint density at radius 2 is 1.23 bits per heavy atom. The molecule has 0 saturated carbocycles. The molecule has 1 N–H and O–H groups in total. The standard InChI is InChI=1S/C32H40O15/c1-16(33)42-15-25-29(43-17(2)34)30(44-18(3)35)31(45-19(4)36)32(46-25)47-28-22(38-5)12-11-21(26(28)37)10-9-20-13-23(39-6)27(41-8)24(14-20)40-7/h11-14,25,29-32,37H,9-10,15H2,1-8H3/t25-,29-,30+,31-,32+/m1/s1. The number of phenolic OH excluding ortho intramolecular Hbond substituents is 1. The molecule has 1 aliphatic heterocycles. The van der Waals surface area contributed by atoms with E-state index in [-0.39, 0.29) is 17.2 Å². The van der Waals surface area contributed by atoms with Crippen LogP contribution in [0.4, 0.5) is 0 Å². The second kappa shape index (κ2) is 16.6. The summed E-state index contributed by atoms with van der Waals surface area (Å²) in [5.74, 6) is -2.09. The van der Waals surface area contributed by atoms with Gasteiger partial charge in [0.15, 0.2) is 35.2 Å². The van der Waals surface area contributed by atoms with E-state index in [9.17, 15) is 24.3 Å². The van der Waals surface area contributed by atoms with Crippen LogP contribution in [0.5, 0.6) is 34.5 Å². The van der Waals surface area contributed by atoms with Crippen molar-refractivity contribution in [2.75, 3.05) is 35.0 Å². The fourth-order valence-electron chi connectivity index (χ4n) is 5.03. The molecule has 15 nitrogen and oxygen atoms in total. The summed E-state index contributed by atoms with van der Waals surface area (Å²) in [5, 5.41) is 11.4. The zero-order valence-electron chi connectivity index (χ0n) is 27.5. The van der Waals surface area contributed by atoms with Crippen LogP contribution in [-0.4, -0.2) is 94.7 Å². The minimum absolute atomic E-state index is 0.0897. The van der Waals surface area contributed by atoms with Gasteiger partial charge in [0.05, 0.1) is 28.4 Å². The highest BCUT2D eigenvalue weighted by molar-refractivity contribution is 5.69. The third-order valence-corrected chi connectivity index (χ3v) is 6.99. The van der Waals surface area contributed by atoms with Crippen LogP contribution in [0.2, 0.25) is 0 Å². The average Bonchev–Trinajstić information content (AvgIpc) is 3.01. The van der Waals surface area contributed by atoms with Crippen molar-refractivity contribution in [3.63, 3.8) is 0 Å². The molecule has 0 bridgehead atoms. The van der Waals surface area contributed by atoms with Gasteiger partial charge in [-0.1, -0.05) is 6.07 Å². The van der Waals surface area contributed by atoms with Crippen LogP contribution in [0.1, 0.15) is 38.8 Å². The number of aryl methyl sites for hydroxylation is 2. The molecule has 0 unspecified atom stereocenters. The van der Waals surface area contributed by atoms with Gasteiger partial charge in [-0.3, -0.25) is 19.2 Å². The number of hydrogen-bond donors (Lipinski definition) is 1. The molecule has 258 valence electrons. The first-order valence-corrected chi connectivity index (χ1v) is 14.5. The largest absolute Gasteiger partial charge is 0.504 e. The minimum atomic E-state index is -1.58. The van der Waals surface area contributed by atoms with Crippen molar-refractivity contribution in [1.82, 2.24) is 0 Å². The Morgan fingerprint density at radius 1 is 0.681 bits per heavy atom. The Morgan fingerprint density at radius 3 is 1.74 bits per heavy atom. The van der Waals surface area contributed by atoms with Crippen LogP contribution in [0.3, 0.4) is 0 Å². The topological polar surface area (TPSA) is 181 Å². The first-order valence-electron chi connectivity index (χ1n) is 14.5. The zero-order valence-corrected chi connectivity index (χ0v) is 27.5. The predicted molar refractivity (Wildman–Crippen MR) is 161 cm³/mol. The third kappa shape index (κ3) is 9.31. The number of hydrogen-bond acceptors (Lipinski definition) is 15. The van der Waals surface area contributed by atoms with Crippen molar-refractivity contribution in [3.8, 4) is 34.5 Å². The number of phenols is 1. The normalized spacial score (nSPS) is 20.3. The lowest BCUT2D eigenvalue weighted by Crippen LogP contribution is -2.63. The van der Waals surface area contributed by atoms with Crippen LogP contribution in [0, 0.1) is 0 Å². The second-order valence-electron chi connectivity index (χ2n) is 10.3. The molecule has 2 aromatic rings. The highest BCUT2D eigenvalue weighted by Crippen LogP contribution is 2.43. The minimum Gasteiger partial charge on any atom is -0.504 e. The third-order valence-electron chi connectivity index (χ3n) is 6.99. The van der Waals surface area contributed by atoms with Crippen LogP contribution in [0.15, 0.2) is 24.3 Å². The number of rotatable bonds is 14. The first-order chi connectivity index (χ1) is 22.3. The maximum Gasteiger partial charge on any atom is 0.303 e. The molecular formula is C32H40O15. The quantitative estimate of drug-likeness (QED) is 0.230. The highest BCUT2D eigenvalue weighted by atomic mass is 16.7. The van der Waals surface area contributed by atoms with Gasteiger partial charge in [-0.15, -0.1) is 0 Å². The van der Waals surface area contributed by atoms with Crippen molar-refractivity contribution >= 4 is 23.9 Å². The number of carbonyl (C=O) groups excluding carboxylic acids is 4. The van der Waals surface area contributed by atoms with Gasteiger partial charge in [0.25, 0.3) is 0 Å². The van der Waals surface area contributed by atoms with Crippen molar-refractivity contribution in [2.24, 2.45) is 0 Å². The SMILES string of the molecule is COc1cc(CCc2ccc(OC)c(O[C@@H]3O[C@H](COC(C)=O)[C@@H](OC(C)=O)[C@H](OC(C)=O)[C@H]3OC(C)=O)c2O)cc(OC)c1OC. The molecule has 0 amide bonds. The van der Waals surface area contributed by atoms with Gasteiger partial charge >= 0.3 is 23.9 Å². The molecule has 0 spiro atoms. The van der Waals surface area contributed by atoms with Crippen molar-refractivity contribution < 1.29 is 71.7 Å². The van der Waals surface area contributed by atoms with Crippen molar-refractivity contribution in [1.29, 1.82) is 0 Å². The van der Waals surface area contributed by atoms with Gasteiger partial charge in [0.1, 0.15) is 12.7 Å². The zero-order chi connectivity index (χ0) is 34.8. The predicted octanol–water partition coefficient (Wildman–Crippen LogP) is 2.67. The van der Waals surface area contributed by atoms with Gasteiger partial charge in [-0.05, 0) is 42.2 Å². The molecule has 1 saturated heterocycles. The Kier molecular flexibility index (Phi) is 12.9. The number of carbonyl (C=O) groups is 4. The first kappa shape index (κ1) is 36.5. The van der Waals surface area contributed by atoms with Gasteiger partial charge in [0.2, 0.25) is 23.9 Å². The average molecular weight is 665 g/mol. The van der Waals surface area contributed by atoms with Crippen molar-refractivity contribution in [3.05, 3.63) is 35.4 Å². The number of aromatic hydroxyl groups is 1. The van der Waals surface area contributed by atoms with Crippen LogP contribution < -0.4 is 23.7 Å². The van der Waals surface area contributed by atoms with E-state index in [2.05, 4.69) is 0 Å². The Bertz CT molecular complexity index is 1410. The summed E-state index contributed by atoms with van der Waals surface area (Å²) in [6.07, 6.45) is -6.45. The fourth-order valence-corrected chi connectivity index (χ4v) is 5.03. The molecule has 0 aromatic heterocycles. The number of esters is 4. The number of ether oxygens (including phenoxy) is 10. The Balaban J connectivity index is 2.02. The lowest BCUT2D eigenvalue weighted by molar-refractivity contribution is -0.288. The molecule has 15 heteroatoms. The summed E-state index contributed by atoms with van der Waals surface area (Å²) < 4.78 is 55.3.